The van der Waals surface area contributed by atoms with E-state index in [0.717, 1.165) is 20.8 Å². The molecule has 1 amide bonds. The number of halogens is 2. The molecule has 0 bridgehead atoms. The first kappa shape index (κ1) is 18.1. The average molecular weight is 395 g/mol. The summed E-state index contributed by atoms with van der Waals surface area (Å²) >= 11 is 13.5. The molecular formula is C18H16Cl2N2O2S. The minimum atomic E-state index is -0.161. The van der Waals surface area contributed by atoms with Gasteiger partial charge in [-0.2, -0.15) is 0 Å². The summed E-state index contributed by atoms with van der Waals surface area (Å²) < 4.78 is 6.56. The number of hydrogen-bond acceptors (Lipinski definition) is 4. The normalized spacial score (nSPS) is 11.0. The summed E-state index contributed by atoms with van der Waals surface area (Å²) in [6.45, 7) is 0.824. The van der Waals surface area contributed by atoms with E-state index in [1.807, 2.05) is 30.3 Å². The minimum absolute atomic E-state index is 0.00424. The average Bonchev–Trinajstić information content (AvgIpc) is 2.99. The first-order valence-corrected chi connectivity index (χ1v) is 9.32. The molecule has 2 aromatic carbocycles. The third kappa shape index (κ3) is 5.16. The van der Waals surface area contributed by atoms with Crippen LogP contribution in [-0.2, 0) is 22.6 Å². The lowest BCUT2D eigenvalue weighted by atomic mass is 10.1. The molecule has 0 aliphatic heterocycles. The molecule has 130 valence electrons. The van der Waals surface area contributed by atoms with Crippen LogP contribution in [0.15, 0.2) is 42.5 Å². The zero-order valence-electron chi connectivity index (χ0n) is 13.3. The van der Waals surface area contributed by atoms with Crippen LogP contribution in [0.4, 0.5) is 0 Å². The Hall–Kier alpha value is -1.66. The standard InChI is InChI=1S/C18H16Cl2N2O2S/c19-13-6-5-12(14(20)9-13)7-8-21-17(23)10-24-11-18-22-15-3-1-2-4-16(15)25-18/h1-6,9H,7-8,10-11H2,(H,21,23). The summed E-state index contributed by atoms with van der Waals surface area (Å²) in [4.78, 5) is 16.3. The highest BCUT2D eigenvalue weighted by Crippen LogP contribution is 2.22. The van der Waals surface area contributed by atoms with E-state index >= 15 is 0 Å². The van der Waals surface area contributed by atoms with Crippen molar-refractivity contribution in [1.29, 1.82) is 0 Å². The number of carbonyl (C=O) groups excluding carboxylic acids is 1. The largest absolute Gasteiger partial charge is 0.364 e. The van der Waals surface area contributed by atoms with E-state index < -0.39 is 0 Å². The van der Waals surface area contributed by atoms with Crippen molar-refractivity contribution in [2.45, 2.75) is 13.0 Å². The maximum atomic E-state index is 11.8. The van der Waals surface area contributed by atoms with E-state index in [1.54, 1.807) is 23.5 Å². The Kier molecular flexibility index (Phi) is 6.26. The van der Waals surface area contributed by atoms with Gasteiger partial charge in [-0.3, -0.25) is 4.79 Å². The molecule has 1 heterocycles. The number of thiazole rings is 1. The molecule has 1 N–H and O–H groups in total. The van der Waals surface area contributed by atoms with E-state index in [9.17, 15) is 4.79 Å². The van der Waals surface area contributed by atoms with Crippen LogP contribution in [-0.4, -0.2) is 24.0 Å². The molecule has 0 saturated heterocycles. The Morgan fingerprint density at radius 2 is 2.04 bits per heavy atom. The van der Waals surface area contributed by atoms with Crippen LogP contribution in [0.1, 0.15) is 10.6 Å². The van der Waals surface area contributed by atoms with Crippen molar-refractivity contribution in [2.75, 3.05) is 13.2 Å². The third-order valence-corrected chi connectivity index (χ3v) is 5.13. The summed E-state index contributed by atoms with van der Waals surface area (Å²) in [6.07, 6.45) is 0.639. The van der Waals surface area contributed by atoms with E-state index in [-0.39, 0.29) is 12.5 Å². The van der Waals surface area contributed by atoms with Crippen LogP contribution < -0.4 is 5.32 Å². The van der Waals surface area contributed by atoms with Gasteiger partial charge >= 0.3 is 0 Å². The number of carbonyl (C=O) groups is 1. The summed E-state index contributed by atoms with van der Waals surface area (Å²) in [5.74, 6) is -0.161. The molecule has 0 atom stereocenters. The SMILES string of the molecule is O=C(COCc1nc2ccccc2s1)NCCc1ccc(Cl)cc1Cl. The third-order valence-electron chi connectivity index (χ3n) is 3.53. The van der Waals surface area contributed by atoms with Crippen LogP contribution in [0.5, 0.6) is 0 Å². The van der Waals surface area contributed by atoms with Gasteiger partial charge in [0.15, 0.2) is 0 Å². The van der Waals surface area contributed by atoms with Crippen molar-refractivity contribution < 1.29 is 9.53 Å². The molecule has 0 aliphatic carbocycles. The summed E-state index contributed by atoms with van der Waals surface area (Å²) in [5, 5.41) is 4.88. The topological polar surface area (TPSA) is 51.2 Å². The first-order valence-electron chi connectivity index (χ1n) is 7.74. The second-order valence-corrected chi connectivity index (χ2v) is 7.36. The van der Waals surface area contributed by atoms with E-state index in [2.05, 4.69) is 10.3 Å². The summed E-state index contributed by atoms with van der Waals surface area (Å²) in [5.41, 5.74) is 1.90. The first-order chi connectivity index (χ1) is 12.1. The van der Waals surface area contributed by atoms with Gasteiger partial charge in [-0.1, -0.05) is 41.4 Å². The van der Waals surface area contributed by atoms with Crippen LogP contribution in [0, 0.1) is 0 Å². The fraction of sp³-hybridized carbons (Fsp3) is 0.222. The van der Waals surface area contributed by atoms with Gasteiger partial charge in [0.1, 0.15) is 11.6 Å². The van der Waals surface area contributed by atoms with Crippen molar-refractivity contribution >= 4 is 50.7 Å². The van der Waals surface area contributed by atoms with Gasteiger partial charge in [-0.05, 0) is 36.2 Å². The van der Waals surface area contributed by atoms with Crippen molar-refractivity contribution in [3.63, 3.8) is 0 Å². The zero-order valence-corrected chi connectivity index (χ0v) is 15.6. The van der Waals surface area contributed by atoms with Crippen molar-refractivity contribution in [2.24, 2.45) is 0 Å². The van der Waals surface area contributed by atoms with Crippen LogP contribution in [0.25, 0.3) is 10.2 Å². The van der Waals surface area contributed by atoms with Gasteiger partial charge in [0, 0.05) is 16.6 Å². The fourth-order valence-electron chi connectivity index (χ4n) is 2.32. The second-order valence-electron chi connectivity index (χ2n) is 5.40. The highest BCUT2D eigenvalue weighted by Gasteiger charge is 2.06. The van der Waals surface area contributed by atoms with Crippen LogP contribution in [0.2, 0.25) is 10.0 Å². The number of benzene rings is 2. The number of aromatic nitrogens is 1. The van der Waals surface area contributed by atoms with Gasteiger partial charge in [0.25, 0.3) is 0 Å². The van der Waals surface area contributed by atoms with Gasteiger partial charge in [-0.15, -0.1) is 11.3 Å². The van der Waals surface area contributed by atoms with E-state index in [0.29, 0.717) is 29.6 Å². The number of fused-ring (bicyclic) bond motifs is 1. The lowest BCUT2D eigenvalue weighted by Gasteiger charge is -2.07. The lowest BCUT2D eigenvalue weighted by molar-refractivity contribution is -0.126. The predicted octanol–water partition coefficient (Wildman–Crippen LogP) is 4.48. The quantitative estimate of drug-likeness (QED) is 0.642. The number of nitrogens with zero attached hydrogens (tertiary/aromatic N) is 1. The second kappa shape index (κ2) is 8.63. The van der Waals surface area contributed by atoms with Crippen molar-refractivity contribution in [3.8, 4) is 0 Å². The van der Waals surface area contributed by atoms with Gasteiger partial charge < -0.3 is 10.1 Å². The fourth-order valence-corrected chi connectivity index (χ4v) is 3.73. The van der Waals surface area contributed by atoms with Crippen LogP contribution >= 0.6 is 34.5 Å². The molecule has 0 fully saturated rings. The molecule has 7 heteroatoms. The number of ether oxygens (including phenoxy) is 1. The molecule has 25 heavy (non-hydrogen) atoms. The van der Waals surface area contributed by atoms with Crippen molar-refractivity contribution in [1.82, 2.24) is 10.3 Å². The highest BCUT2D eigenvalue weighted by atomic mass is 35.5. The van der Waals surface area contributed by atoms with E-state index in [4.69, 9.17) is 27.9 Å². The molecule has 0 saturated carbocycles. The van der Waals surface area contributed by atoms with E-state index in [1.165, 1.54) is 0 Å². The molecule has 3 rings (SSSR count). The van der Waals surface area contributed by atoms with Crippen LogP contribution in [0.3, 0.4) is 0 Å². The Labute approximate surface area is 159 Å². The number of hydrogen-bond donors (Lipinski definition) is 1. The van der Waals surface area contributed by atoms with Gasteiger partial charge in [0.2, 0.25) is 5.91 Å². The molecule has 0 aliphatic rings. The number of nitrogens with one attached hydrogen (secondary N) is 1. The molecular weight excluding hydrogens is 379 g/mol. The maximum Gasteiger partial charge on any atom is 0.246 e. The van der Waals surface area contributed by atoms with Crippen molar-refractivity contribution in [3.05, 3.63) is 63.1 Å². The molecule has 0 radical (unpaired) electrons. The molecule has 4 nitrogen and oxygen atoms in total. The molecule has 0 unspecified atom stereocenters. The summed E-state index contributed by atoms with van der Waals surface area (Å²) in [7, 11) is 0. The monoisotopic (exact) mass is 394 g/mol. The summed E-state index contributed by atoms with van der Waals surface area (Å²) in [6, 6.07) is 13.3. The Balaban J connectivity index is 1.39. The highest BCUT2D eigenvalue weighted by molar-refractivity contribution is 7.18. The minimum Gasteiger partial charge on any atom is -0.364 e. The Morgan fingerprint density at radius 1 is 1.20 bits per heavy atom. The molecule has 3 aromatic rings. The maximum absolute atomic E-state index is 11.8. The van der Waals surface area contributed by atoms with Gasteiger partial charge in [-0.25, -0.2) is 4.98 Å². The lowest BCUT2D eigenvalue weighted by Crippen LogP contribution is -2.29. The molecule has 1 aromatic heterocycles. The van der Waals surface area contributed by atoms with Gasteiger partial charge in [0.05, 0.1) is 16.8 Å². The smallest absolute Gasteiger partial charge is 0.246 e. The predicted molar refractivity (Wildman–Crippen MR) is 102 cm³/mol. The number of rotatable bonds is 7. The Morgan fingerprint density at radius 3 is 2.84 bits per heavy atom. The number of para-hydroxylation sites is 1. The molecule has 0 spiro atoms. The number of amides is 1. The zero-order chi connectivity index (χ0) is 17.6. The Bertz CT molecular complexity index is 849.